The van der Waals surface area contributed by atoms with E-state index < -0.39 is 11.2 Å². The van der Waals surface area contributed by atoms with Gasteiger partial charge in [-0.05, 0) is 79.1 Å². The van der Waals surface area contributed by atoms with E-state index in [2.05, 4.69) is 11.2 Å². The number of oxime groups is 1. The molecule has 2 atom stereocenters. The Labute approximate surface area is 204 Å². The van der Waals surface area contributed by atoms with Gasteiger partial charge in [-0.25, -0.2) is 9.59 Å². The molecule has 0 aromatic carbocycles. The van der Waals surface area contributed by atoms with Crippen LogP contribution < -0.4 is 5.73 Å². The number of ether oxygens (including phenoxy) is 2. The zero-order valence-corrected chi connectivity index (χ0v) is 21.7. The van der Waals surface area contributed by atoms with Crippen LogP contribution in [0.4, 0.5) is 9.59 Å². The van der Waals surface area contributed by atoms with Gasteiger partial charge in [-0.2, -0.15) is 5.26 Å². The van der Waals surface area contributed by atoms with Crippen LogP contribution in [0.3, 0.4) is 0 Å². The van der Waals surface area contributed by atoms with Gasteiger partial charge in [-0.15, -0.1) is 0 Å². The molecule has 194 valence electrons. The van der Waals surface area contributed by atoms with Crippen LogP contribution >= 0.6 is 0 Å². The molecule has 2 rings (SSSR count). The van der Waals surface area contributed by atoms with Crippen LogP contribution in [0.25, 0.3) is 0 Å². The number of piperidine rings is 2. The number of amides is 2. The van der Waals surface area contributed by atoms with Crippen LogP contribution in [0.2, 0.25) is 0 Å². The van der Waals surface area contributed by atoms with Gasteiger partial charge in [-0.3, -0.25) is 0 Å². The second-order valence-electron chi connectivity index (χ2n) is 11.0. The fourth-order valence-electron chi connectivity index (χ4n) is 3.91. The summed E-state index contributed by atoms with van der Waals surface area (Å²) in [5, 5.41) is 20.2. The monoisotopic (exact) mass is 481 g/mol. The van der Waals surface area contributed by atoms with Gasteiger partial charge >= 0.3 is 12.2 Å². The molecule has 2 saturated heterocycles. The number of carbonyl (C=O) groups is 2. The summed E-state index contributed by atoms with van der Waals surface area (Å²) in [4.78, 5) is 27.1. The molecule has 0 radical (unpaired) electrons. The molecular formula is C24H43N5O5. The van der Waals surface area contributed by atoms with Gasteiger partial charge < -0.3 is 30.2 Å². The molecule has 10 nitrogen and oxygen atoms in total. The van der Waals surface area contributed by atoms with E-state index in [1.165, 1.54) is 0 Å². The van der Waals surface area contributed by atoms with E-state index in [9.17, 15) is 9.59 Å². The zero-order chi connectivity index (χ0) is 25.9. The van der Waals surface area contributed by atoms with E-state index in [1.807, 2.05) is 41.5 Å². The number of likely N-dealkylation sites (tertiary alicyclic amines) is 2. The van der Waals surface area contributed by atoms with Crippen molar-refractivity contribution in [3.05, 3.63) is 0 Å². The molecule has 2 amide bonds. The van der Waals surface area contributed by atoms with Crippen molar-refractivity contribution in [3.63, 3.8) is 0 Å². The zero-order valence-electron chi connectivity index (χ0n) is 21.7. The molecule has 2 aliphatic heterocycles. The third-order valence-corrected chi connectivity index (χ3v) is 5.35. The number of nitrogens with two attached hydrogens (primary N) is 1. The lowest BCUT2D eigenvalue weighted by molar-refractivity contribution is 0.0159. The molecular weight excluding hydrogens is 438 g/mol. The van der Waals surface area contributed by atoms with Gasteiger partial charge in [0.25, 0.3) is 0 Å². The summed E-state index contributed by atoms with van der Waals surface area (Å²) in [5.41, 5.74) is 4.57. The van der Waals surface area contributed by atoms with Crippen molar-refractivity contribution in [2.75, 3.05) is 26.2 Å². The first-order valence-corrected chi connectivity index (χ1v) is 12.0. The molecule has 2 heterocycles. The van der Waals surface area contributed by atoms with E-state index in [-0.39, 0.29) is 23.9 Å². The van der Waals surface area contributed by atoms with Crippen LogP contribution in [0.15, 0.2) is 5.16 Å². The summed E-state index contributed by atoms with van der Waals surface area (Å²) in [6.45, 7) is 13.9. The SMILES string of the molecule is CC(C)(C)OC(=O)N1CCCC(C/C(N)=N/O)C1.CC(C)(C)OC(=O)N1CCCC(CC#N)C1. The highest BCUT2D eigenvalue weighted by atomic mass is 16.6. The minimum absolute atomic E-state index is 0.214. The number of nitrogens with zero attached hydrogens (tertiary/aromatic N) is 4. The second kappa shape index (κ2) is 13.3. The van der Waals surface area contributed by atoms with Crippen LogP contribution in [0.1, 0.15) is 80.1 Å². The molecule has 2 fully saturated rings. The van der Waals surface area contributed by atoms with E-state index >= 15 is 0 Å². The predicted octanol–water partition coefficient (Wildman–Crippen LogP) is 4.32. The lowest BCUT2D eigenvalue weighted by Crippen LogP contribution is -2.43. The highest BCUT2D eigenvalue weighted by Crippen LogP contribution is 2.22. The topological polar surface area (TPSA) is 141 Å². The molecule has 0 spiro atoms. The number of nitriles is 1. The average Bonchev–Trinajstić information content (AvgIpc) is 2.72. The van der Waals surface area contributed by atoms with Crippen LogP contribution in [-0.2, 0) is 9.47 Å². The van der Waals surface area contributed by atoms with Crippen molar-refractivity contribution < 1.29 is 24.3 Å². The molecule has 2 unspecified atom stereocenters. The Morgan fingerprint density at radius 2 is 1.41 bits per heavy atom. The minimum Gasteiger partial charge on any atom is -0.444 e. The summed E-state index contributed by atoms with van der Waals surface area (Å²) in [7, 11) is 0. The highest BCUT2D eigenvalue weighted by Gasteiger charge is 2.28. The summed E-state index contributed by atoms with van der Waals surface area (Å²) in [6.07, 6.45) is 4.40. The van der Waals surface area contributed by atoms with Crippen molar-refractivity contribution >= 4 is 18.0 Å². The Balaban J connectivity index is 0.000000342. The molecule has 34 heavy (non-hydrogen) atoms. The van der Waals surface area contributed by atoms with Gasteiger partial charge in [0.1, 0.15) is 17.0 Å². The first kappa shape index (κ1) is 29.3. The third kappa shape index (κ3) is 12.0. The van der Waals surface area contributed by atoms with Crippen LogP contribution in [0.5, 0.6) is 0 Å². The highest BCUT2D eigenvalue weighted by molar-refractivity contribution is 5.80. The summed E-state index contributed by atoms with van der Waals surface area (Å²) >= 11 is 0. The molecule has 0 aromatic heterocycles. The van der Waals surface area contributed by atoms with E-state index in [0.29, 0.717) is 38.4 Å². The van der Waals surface area contributed by atoms with Crippen molar-refractivity contribution in [1.29, 1.82) is 5.26 Å². The van der Waals surface area contributed by atoms with Crippen LogP contribution in [0, 0.1) is 23.2 Å². The average molecular weight is 482 g/mol. The van der Waals surface area contributed by atoms with Crippen molar-refractivity contribution in [1.82, 2.24) is 9.80 Å². The number of amidine groups is 1. The van der Waals surface area contributed by atoms with E-state index in [4.69, 9.17) is 25.7 Å². The molecule has 2 aliphatic rings. The molecule has 0 aromatic rings. The smallest absolute Gasteiger partial charge is 0.410 e. The Bertz CT molecular complexity index is 736. The summed E-state index contributed by atoms with van der Waals surface area (Å²) in [5.74, 6) is 0.763. The Hall–Kier alpha value is -2.70. The second-order valence-corrected chi connectivity index (χ2v) is 11.0. The van der Waals surface area contributed by atoms with Crippen LogP contribution in [-0.4, -0.2) is 70.4 Å². The Morgan fingerprint density at radius 1 is 0.971 bits per heavy atom. The van der Waals surface area contributed by atoms with Gasteiger partial charge in [0.2, 0.25) is 0 Å². The van der Waals surface area contributed by atoms with Crippen molar-refractivity contribution in [3.8, 4) is 6.07 Å². The molecule has 0 saturated carbocycles. The van der Waals surface area contributed by atoms with Crippen molar-refractivity contribution in [2.45, 2.75) is 91.3 Å². The number of hydrogen-bond donors (Lipinski definition) is 2. The number of carbonyl (C=O) groups excluding carboxylic acids is 2. The maximum atomic E-state index is 11.9. The van der Waals surface area contributed by atoms with Gasteiger partial charge in [0.05, 0.1) is 6.07 Å². The number of rotatable bonds is 3. The first-order chi connectivity index (χ1) is 15.7. The van der Waals surface area contributed by atoms with Gasteiger partial charge in [-0.1, -0.05) is 5.16 Å². The molecule has 0 bridgehead atoms. The lowest BCUT2D eigenvalue weighted by Gasteiger charge is -2.33. The lowest BCUT2D eigenvalue weighted by atomic mass is 9.95. The molecule has 10 heteroatoms. The first-order valence-electron chi connectivity index (χ1n) is 12.0. The maximum Gasteiger partial charge on any atom is 0.410 e. The standard InChI is InChI=1S/C12H23N3O3.C12H20N2O2/c1-12(2,3)18-11(16)15-6-4-5-9(8-15)7-10(13)14-17;1-12(2,3)16-11(15)14-8-4-5-10(9-14)6-7-13/h9,17H,4-8H2,1-3H3,(H2,13,14);10H,4-6,8-9H2,1-3H3. The normalized spacial score (nSPS) is 21.6. The number of hydrogen-bond acceptors (Lipinski definition) is 7. The minimum atomic E-state index is -0.477. The van der Waals surface area contributed by atoms with E-state index in [1.54, 1.807) is 9.80 Å². The molecule has 3 N–H and O–H groups in total. The quantitative estimate of drug-likeness (QED) is 0.265. The fraction of sp³-hybridized carbons (Fsp3) is 0.833. The molecule has 0 aliphatic carbocycles. The van der Waals surface area contributed by atoms with Gasteiger partial charge in [0.15, 0.2) is 0 Å². The maximum absolute atomic E-state index is 11.9. The van der Waals surface area contributed by atoms with Crippen molar-refractivity contribution in [2.24, 2.45) is 22.7 Å². The third-order valence-electron chi connectivity index (χ3n) is 5.35. The fourth-order valence-corrected chi connectivity index (χ4v) is 3.91. The summed E-state index contributed by atoms with van der Waals surface area (Å²) in [6, 6.07) is 2.17. The Morgan fingerprint density at radius 3 is 1.82 bits per heavy atom. The Kier molecular flexibility index (Phi) is 11.4. The largest absolute Gasteiger partial charge is 0.444 e. The predicted molar refractivity (Wildman–Crippen MR) is 129 cm³/mol. The van der Waals surface area contributed by atoms with Gasteiger partial charge in [0, 0.05) is 39.0 Å². The van der Waals surface area contributed by atoms with E-state index in [0.717, 1.165) is 32.2 Å². The summed E-state index contributed by atoms with van der Waals surface area (Å²) < 4.78 is 10.6.